The van der Waals surface area contributed by atoms with E-state index in [2.05, 4.69) is 10.6 Å². The molecule has 2 heterocycles. The minimum Gasteiger partial charge on any atom is -0.508 e. The molecule has 0 aliphatic carbocycles. The first-order valence-electron chi connectivity index (χ1n) is 7.23. The molecule has 2 amide bonds. The predicted octanol–water partition coefficient (Wildman–Crippen LogP) is 1.71. The Hall–Kier alpha value is -2.93. The Labute approximate surface area is 143 Å². The van der Waals surface area contributed by atoms with Crippen LogP contribution in [0.4, 0.5) is 0 Å². The normalized spacial score (nSPS) is 14.4. The topological polar surface area (TPSA) is 83.4 Å². The largest absolute Gasteiger partial charge is 0.508 e. The van der Waals surface area contributed by atoms with Crippen molar-refractivity contribution >= 4 is 35.2 Å². The van der Waals surface area contributed by atoms with Crippen molar-refractivity contribution in [1.29, 1.82) is 0 Å². The zero-order valence-electron chi connectivity index (χ0n) is 13.1. The highest BCUT2D eigenvalue weighted by Gasteiger charge is 2.26. The average Bonchev–Trinajstić information content (AvgIpc) is 2.78. The van der Waals surface area contributed by atoms with Gasteiger partial charge < -0.3 is 9.67 Å². The van der Waals surface area contributed by atoms with Gasteiger partial charge in [0.15, 0.2) is 5.11 Å². The van der Waals surface area contributed by atoms with Gasteiger partial charge in [-0.05, 0) is 68.0 Å². The molecule has 24 heavy (non-hydrogen) atoms. The number of aryl methyl sites for hydroxylation is 1. The van der Waals surface area contributed by atoms with E-state index in [1.54, 1.807) is 30.3 Å². The van der Waals surface area contributed by atoms with Gasteiger partial charge in [-0.3, -0.25) is 20.2 Å². The van der Waals surface area contributed by atoms with Crippen molar-refractivity contribution in [3.63, 3.8) is 0 Å². The maximum atomic E-state index is 12.0. The van der Waals surface area contributed by atoms with Crippen molar-refractivity contribution < 1.29 is 14.7 Å². The number of hydrogen-bond acceptors (Lipinski definition) is 4. The van der Waals surface area contributed by atoms with Crippen LogP contribution in [0.1, 0.15) is 17.0 Å². The van der Waals surface area contributed by atoms with Crippen LogP contribution >= 0.6 is 12.2 Å². The quantitative estimate of drug-likeness (QED) is 0.441. The lowest BCUT2D eigenvalue weighted by Crippen LogP contribution is -2.51. The van der Waals surface area contributed by atoms with E-state index in [1.165, 1.54) is 0 Å². The summed E-state index contributed by atoms with van der Waals surface area (Å²) in [5.74, 6) is -0.841. The molecule has 0 radical (unpaired) electrons. The Balaban J connectivity index is 2.05. The molecule has 6 nitrogen and oxygen atoms in total. The number of rotatable bonds is 2. The Morgan fingerprint density at radius 3 is 2.25 bits per heavy atom. The number of aromatic nitrogens is 1. The van der Waals surface area contributed by atoms with Gasteiger partial charge in [-0.2, -0.15) is 0 Å². The molecule has 1 fully saturated rings. The summed E-state index contributed by atoms with van der Waals surface area (Å²) in [7, 11) is 0. The van der Waals surface area contributed by atoms with Crippen LogP contribution in [0.3, 0.4) is 0 Å². The first-order chi connectivity index (χ1) is 11.4. The zero-order valence-corrected chi connectivity index (χ0v) is 13.9. The predicted molar refractivity (Wildman–Crippen MR) is 93.8 cm³/mol. The molecular formula is C17H15N3O3S. The van der Waals surface area contributed by atoms with E-state index in [9.17, 15) is 14.7 Å². The number of carbonyl (C=O) groups excluding carboxylic acids is 2. The molecule has 2 aromatic rings. The molecule has 1 aromatic carbocycles. The first-order valence-corrected chi connectivity index (χ1v) is 7.64. The Kier molecular flexibility index (Phi) is 3.94. The van der Waals surface area contributed by atoms with Crippen LogP contribution in [0.15, 0.2) is 35.9 Å². The zero-order chi connectivity index (χ0) is 17.4. The van der Waals surface area contributed by atoms with Crippen molar-refractivity contribution in [2.45, 2.75) is 13.8 Å². The van der Waals surface area contributed by atoms with Gasteiger partial charge in [0.1, 0.15) is 11.3 Å². The standard InChI is InChI=1S/C17H15N3O3S/c1-9-7-11(8-14-15(22)18-17(24)19-16(14)23)10(2)20(9)12-3-5-13(21)6-4-12/h3-8,21H,1-2H3,(H2,18,19,22,23,24). The van der Waals surface area contributed by atoms with E-state index in [-0.39, 0.29) is 16.4 Å². The third-order valence-electron chi connectivity index (χ3n) is 3.82. The summed E-state index contributed by atoms with van der Waals surface area (Å²) in [5.41, 5.74) is 3.46. The molecule has 3 N–H and O–H groups in total. The molecule has 0 unspecified atom stereocenters. The van der Waals surface area contributed by atoms with Gasteiger partial charge in [-0.15, -0.1) is 0 Å². The molecule has 1 aliphatic rings. The summed E-state index contributed by atoms with van der Waals surface area (Å²) < 4.78 is 1.98. The van der Waals surface area contributed by atoms with Crippen molar-refractivity contribution in [2.24, 2.45) is 0 Å². The fraction of sp³-hybridized carbons (Fsp3) is 0.118. The van der Waals surface area contributed by atoms with Crippen LogP contribution in [-0.2, 0) is 9.59 Å². The van der Waals surface area contributed by atoms with E-state index in [0.717, 1.165) is 22.6 Å². The number of nitrogens with one attached hydrogen (secondary N) is 2. The van der Waals surface area contributed by atoms with Crippen molar-refractivity contribution in [2.75, 3.05) is 0 Å². The lowest BCUT2D eigenvalue weighted by molar-refractivity contribution is -0.123. The fourth-order valence-electron chi connectivity index (χ4n) is 2.69. The Bertz CT molecular complexity index is 873. The van der Waals surface area contributed by atoms with E-state index in [4.69, 9.17) is 12.2 Å². The van der Waals surface area contributed by atoms with Gasteiger partial charge in [0.05, 0.1) is 0 Å². The van der Waals surface area contributed by atoms with Crippen LogP contribution in [0.5, 0.6) is 5.75 Å². The molecule has 0 atom stereocenters. The first kappa shape index (κ1) is 15.9. The molecule has 122 valence electrons. The van der Waals surface area contributed by atoms with E-state index in [1.807, 2.05) is 24.5 Å². The Morgan fingerprint density at radius 2 is 1.67 bits per heavy atom. The second-order valence-corrected chi connectivity index (χ2v) is 5.88. The summed E-state index contributed by atoms with van der Waals surface area (Å²) >= 11 is 4.79. The number of phenols is 1. The van der Waals surface area contributed by atoms with Gasteiger partial charge in [0, 0.05) is 17.1 Å². The third-order valence-corrected chi connectivity index (χ3v) is 4.03. The van der Waals surface area contributed by atoms with Crippen molar-refractivity contribution in [3.05, 3.63) is 52.9 Å². The molecule has 1 saturated heterocycles. The molecule has 1 aromatic heterocycles. The lowest BCUT2D eigenvalue weighted by atomic mass is 10.1. The summed E-state index contributed by atoms with van der Waals surface area (Å²) in [6.45, 7) is 3.83. The van der Waals surface area contributed by atoms with Crippen molar-refractivity contribution in [3.8, 4) is 11.4 Å². The summed E-state index contributed by atoms with van der Waals surface area (Å²) in [4.78, 5) is 23.9. The minimum atomic E-state index is -0.516. The molecular weight excluding hydrogens is 326 g/mol. The second-order valence-electron chi connectivity index (χ2n) is 5.47. The molecule has 0 saturated carbocycles. The van der Waals surface area contributed by atoms with Crippen molar-refractivity contribution in [1.82, 2.24) is 15.2 Å². The SMILES string of the molecule is Cc1cc(C=C2C(=O)NC(=S)NC2=O)c(C)n1-c1ccc(O)cc1. The third kappa shape index (κ3) is 2.81. The Morgan fingerprint density at radius 1 is 1.08 bits per heavy atom. The van der Waals surface area contributed by atoms with Crippen LogP contribution in [-0.4, -0.2) is 26.6 Å². The molecule has 7 heteroatoms. The number of amides is 2. The highest BCUT2D eigenvalue weighted by atomic mass is 32.1. The van der Waals surface area contributed by atoms with Crippen LogP contribution in [0, 0.1) is 13.8 Å². The summed E-state index contributed by atoms with van der Waals surface area (Å²) in [5, 5.41) is 14.3. The smallest absolute Gasteiger partial charge is 0.263 e. The van der Waals surface area contributed by atoms with Gasteiger partial charge >= 0.3 is 0 Å². The molecule has 0 spiro atoms. The number of phenolic OH excluding ortho intramolecular Hbond substituents is 1. The van der Waals surface area contributed by atoms with Crippen LogP contribution in [0.2, 0.25) is 0 Å². The van der Waals surface area contributed by atoms with Gasteiger partial charge in [-0.25, -0.2) is 0 Å². The average molecular weight is 341 g/mol. The molecule has 0 bridgehead atoms. The number of hydrogen-bond donors (Lipinski definition) is 3. The van der Waals surface area contributed by atoms with Gasteiger partial charge in [0.2, 0.25) is 0 Å². The van der Waals surface area contributed by atoms with Gasteiger partial charge in [0.25, 0.3) is 11.8 Å². The molecule has 1 aliphatic heterocycles. The maximum Gasteiger partial charge on any atom is 0.263 e. The highest BCUT2D eigenvalue weighted by molar-refractivity contribution is 7.80. The number of carbonyl (C=O) groups is 2. The lowest BCUT2D eigenvalue weighted by Gasteiger charge is -2.16. The van der Waals surface area contributed by atoms with Gasteiger partial charge in [-0.1, -0.05) is 0 Å². The highest BCUT2D eigenvalue weighted by Crippen LogP contribution is 2.24. The van der Waals surface area contributed by atoms with E-state index < -0.39 is 11.8 Å². The molecule has 3 rings (SSSR count). The van der Waals surface area contributed by atoms with Crippen LogP contribution < -0.4 is 10.6 Å². The second kappa shape index (κ2) is 5.93. The summed E-state index contributed by atoms with van der Waals surface area (Å²) in [6, 6.07) is 8.70. The summed E-state index contributed by atoms with van der Waals surface area (Å²) in [6.07, 6.45) is 1.55. The fourth-order valence-corrected chi connectivity index (χ4v) is 2.88. The van der Waals surface area contributed by atoms with E-state index >= 15 is 0 Å². The minimum absolute atomic E-state index is 0.00885. The number of thiocarbonyl (C=S) groups is 1. The maximum absolute atomic E-state index is 12.0. The number of aromatic hydroxyl groups is 1. The monoisotopic (exact) mass is 341 g/mol. The van der Waals surface area contributed by atoms with E-state index in [0.29, 0.717) is 0 Å². The number of nitrogens with zero attached hydrogens (tertiary/aromatic N) is 1. The number of benzene rings is 1. The van der Waals surface area contributed by atoms with Crippen LogP contribution in [0.25, 0.3) is 11.8 Å².